The second-order valence-corrected chi connectivity index (χ2v) is 5.97. The molecule has 0 unspecified atom stereocenters. The number of hydrogen-bond acceptors (Lipinski definition) is 4. The van der Waals surface area contributed by atoms with Crippen LogP contribution in [0.2, 0.25) is 0 Å². The van der Waals surface area contributed by atoms with Crippen LogP contribution >= 0.6 is 0 Å². The normalized spacial score (nSPS) is 11.5. The van der Waals surface area contributed by atoms with Gasteiger partial charge in [0.2, 0.25) is 11.3 Å². The Kier molecular flexibility index (Phi) is 2.73. The summed E-state index contributed by atoms with van der Waals surface area (Å²) in [4.78, 5) is 20.7. The predicted octanol–water partition coefficient (Wildman–Crippen LogP) is 4.07. The molecule has 25 heavy (non-hydrogen) atoms. The molecule has 0 radical (unpaired) electrons. The average Bonchev–Trinajstić information content (AvgIpc) is 3.04. The van der Waals surface area contributed by atoms with Gasteiger partial charge in [0, 0.05) is 0 Å². The minimum atomic E-state index is -0.191. The van der Waals surface area contributed by atoms with Crippen LogP contribution in [-0.2, 0) is 0 Å². The molecule has 2 heterocycles. The van der Waals surface area contributed by atoms with Crippen LogP contribution in [0.1, 0.15) is 0 Å². The summed E-state index contributed by atoms with van der Waals surface area (Å²) >= 11 is 0. The van der Waals surface area contributed by atoms with E-state index in [1.807, 2.05) is 60.7 Å². The second-order valence-electron chi connectivity index (χ2n) is 5.97. The fourth-order valence-corrected chi connectivity index (χ4v) is 3.19. The van der Waals surface area contributed by atoms with Crippen LogP contribution in [0.4, 0.5) is 5.88 Å². The van der Waals surface area contributed by atoms with Gasteiger partial charge in [-0.1, -0.05) is 36.4 Å². The molecule has 0 spiro atoms. The summed E-state index contributed by atoms with van der Waals surface area (Å²) in [5.74, 6) is 0.481. The van der Waals surface area contributed by atoms with Crippen LogP contribution in [0.25, 0.3) is 44.2 Å². The lowest BCUT2D eigenvalue weighted by Crippen LogP contribution is -2.09. The summed E-state index contributed by atoms with van der Waals surface area (Å²) in [5.41, 5.74) is 8.22. The van der Waals surface area contributed by atoms with Crippen molar-refractivity contribution in [3.8, 4) is 11.4 Å². The van der Waals surface area contributed by atoms with E-state index in [1.54, 1.807) is 0 Å². The van der Waals surface area contributed by atoms with Gasteiger partial charge in [-0.05, 0) is 35.0 Å². The Morgan fingerprint density at radius 1 is 0.960 bits per heavy atom. The number of imidazole rings is 1. The number of nitrogens with one attached hydrogen (secondary N) is 1. The smallest absolute Gasteiger partial charge is 0.205 e. The maximum atomic E-state index is 13.1. The topological polar surface area (TPSA) is 84.9 Å². The van der Waals surface area contributed by atoms with E-state index in [-0.39, 0.29) is 16.9 Å². The van der Waals surface area contributed by atoms with E-state index >= 15 is 0 Å². The summed E-state index contributed by atoms with van der Waals surface area (Å²) in [5, 5.41) is 2.46. The van der Waals surface area contributed by atoms with Gasteiger partial charge in [0.25, 0.3) is 0 Å². The zero-order valence-electron chi connectivity index (χ0n) is 13.1. The number of para-hydroxylation sites is 2. The molecule has 0 saturated heterocycles. The van der Waals surface area contributed by atoms with E-state index in [0.717, 1.165) is 21.8 Å². The van der Waals surface area contributed by atoms with Crippen molar-refractivity contribution in [3.05, 3.63) is 70.9 Å². The number of aromatic nitrogens is 2. The van der Waals surface area contributed by atoms with Crippen molar-refractivity contribution < 1.29 is 4.42 Å². The van der Waals surface area contributed by atoms with Gasteiger partial charge in [0.15, 0.2) is 0 Å². The average molecular weight is 327 g/mol. The first-order valence-electron chi connectivity index (χ1n) is 7.91. The van der Waals surface area contributed by atoms with Crippen molar-refractivity contribution in [2.24, 2.45) is 0 Å². The molecule has 3 aromatic carbocycles. The zero-order valence-corrected chi connectivity index (χ0v) is 13.1. The van der Waals surface area contributed by atoms with Crippen LogP contribution in [0.5, 0.6) is 0 Å². The number of nitrogens with zero attached hydrogens (tertiary/aromatic N) is 1. The number of anilines is 1. The predicted molar refractivity (Wildman–Crippen MR) is 99.5 cm³/mol. The SMILES string of the molecule is Nc1oc2cc3ccccc3cc2c(=O)c1-c1nc2ccccc2[nH]1. The molecule has 0 saturated carbocycles. The highest BCUT2D eigenvalue weighted by Crippen LogP contribution is 2.28. The van der Waals surface area contributed by atoms with Gasteiger partial charge in [-0.15, -0.1) is 0 Å². The molecule has 0 bridgehead atoms. The summed E-state index contributed by atoms with van der Waals surface area (Å²) in [6, 6.07) is 19.1. The first-order valence-corrected chi connectivity index (χ1v) is 7.91. The van der Waals surface area contributed by atoms with E-state index in [1.165, 1.54) is 0 Å². The maximum Gasteiger partial charge on any atom is 0.205 e. The lowest BCUT2D eigenvalue weighted by molar-refractivity contribution is 0.626. The largest absolute Gasteiger partial charge is 0.440 e. The standard InChI is InChI=1S/C20H13N3O2/c21-19-17(20-22-14-7-3-4-8-15(14)23-20)18(24)13-9-11-5-1-2-6-12(11)10-16(13)25-19/h1-10H,21H2,(H,22,23). The lowest BCUT2D eigenvalue weighted by Gasteiger charge is -2.06. The minimum absolute atomic E-state index is 0.0619. The number of fused-ring (bicyclic) bond motifs is 3. The van der Waals surface area contributed by atoms with E-state index in [9.17, 15) is 4.79 Å². The number of hydrogen-bond donors (Lipinski definition) is 2. The van der Waals surface area contributed by atoms with Crippen LogP contribution in [0.3, 0.4) is 0 Å². The monoisotopic (exact) mass is 327 g/mol. The third-order valence-corrected chi connectivity index (χ3v) is 4.41. The number of rotatable bonds is 1. The fourth-order valence-electron chi connectivity index (χ4n) is 3.19. The van der Waals surface area contributed by atoms with Gasteiger partial charge in [-0.3, -0.25) is 4.79 Å². The van der Waals surface area contributed by atoms with Crippen LogP contribution in [-0.4, -0.2) is 9.97 Å². The molecule has 2 aromatic heterocycles. The van der Waals surface area contributed by atoms with Gasteiger partial charge in [0.1, 0.15) is 17.0 Å². The molecule has 120 valence electrons. The van der Waals surface area contributed by atoms with Crippen molar-refractivity contribution in [1.29, 1.82) is 0 Å². The van der Waals surface area contributed by atoms with Crippen molar-refractivity contribution in [2.75, 3.05) is 5.73 Å². The third kappa shape index (κ3) is 2.03. The second kappa shape index (κ2) is 4.95. The quantitative estimate of drug-likeness (QED) is 0.454. The van der Waals surface area contributed by atoms with E-state index in [0.29, 0.717) is 16.8 Å². The molecule has 0 aliphatic carbocycles. The van der Waals surface area contributed by atoms with Gasteiger partial charge >= 0.3 is 0 Å². The molecule has 5 heteroatoms. The van der Waals surface area contributed by atoms with E-state index in [4.69, 9.17) is 10.2 Å². The zero-order chi connectivity index (χ0) is 17.0. The highest BCUT2D eigenvalue weighted by molar-refractivity contribution is 5.97. The van der Waals surface area contributed by atoms with Crippen molar-refractivity contribution >= 4 is 38.7 Å². The van der Waals surface area contributed by atoms with E-state index in [2.05, 4.69) is 9.97 Å². The van der Waals surface area contributed by atoms with Crippen molar-refractivity contribution in [1.82, 2.24) is 9.97 Å². The summed E-state index contributed by atoms with van der Waals surface area (Å²) < 4.78 is 5.75. The number of aromatic amines is 1. The first-order chi connectivity index (χ1) is 12.2. The molecule has 0 amide bonds. The Bertz CT molecular complexity index is 1300. The Labute approximate surface area is 141 Å². The molecule has 5 aromatic rings. The Balaban J connectivity index is 1.86. The van der Waals surface area contributed by atoms with E-state index < -0.39 is 0 Å². The number of benzene rings is 3. The molecule has 0 aliphatic heterocycles. The Hall–Kier alpha value is -3.60. The van der Waals surface area contributed by atoms with Crippen LogP contribution in [0, 0.1) is 0 Å². The molecule has 0 aliphatic rings. The third-order valence-electron chi connectivity index (χ3n) is 4.41. The molecular weight excluding hydrogens is 314 g/mol. The van der Waals surface area contributed by atoms with Gasteiger partial charge in [0.05, 0.1) is 16.4 Å². The molecule has 0 atom stereocenters. The summed E-state index contributed by atoms with van der Waals surface area (Å²) in [6.07, 6.45) is 0. The van der Waals surface area contributed by atoms with Gasteiger partial charge in [-0.25, -0.2) is 4.98 Å². The van der Waals surface area contributed by atoms with Crippen LogP contribution in [0.15, 0.2) is 69.9 Å². The number of H-pyrrole nitrogens is 1. The van der Waals surface area contributed by atoms with Gasteiger partial charge in [-0.2, -0.15) is 0 Å². The Morgan fingerprint density at radius 2 is 1.68 bits per heavy atom. The highest BCUT2D eigenvalue weighted by Gasteiger charge is 2.18. The fraction of sp³-hybridized carbons (Fsp3) is 0. The highest BCUT2D eigenvalue weighted by atomic mass is 16.3. The minimum Gasteiger partial charge on any atom is -0.440 e. The van der Waals surface area contributed by atoms with Gasteiger partial charge < -0.3 is 15.1 Å². The van der Waals surface area contributed by atoms with Crippen LogP contribution < -0.4 is 11.2 Å². The van der Waals surface area contributed by atoms with Crippen molar-refractivity contribution in [3.63, 3.8) is 0 Å². The van der Waals surface area contributed by atoms with Crippen molar-refractivity contribution in [2.45, 2.75) is 0 Å². The lowest BCUT2D eigenvalue weighted by atomic mass is 10.1. The molecule has 0 fully saturated rings. The number of nitrogens with two attached hydrogens (primary N) is 1. The molecule has 5 rings (SSSR count). The summed E-state index contributed by atoms with van der Waals surface area (Å²) in [7, 11) is 0. The Morgan fingerprint density at radius 3 is 2.48 bits per heavy atom. The molecular formula is C20H13N3O2. The molecule has 3 N–H and O–H groups in total. The number of nitrogen functional groups attached to an aromatic ring is 1. The maximum absolute atomic E-state index is 13.1. The summed E-state index contributed by atoms with van der Waals surface area (Å²) in [6.45, 7) is 0. The first kappa shape index (κ1) is 13.8. The molecule has 5 nitrogen and oxygen atoms in total.